The maximum Gasteiger partial charge on any atom is 0.273 e. The van der Waals surface area contributed by atoms with Gasteiger partial charge in [0.2, 0.25) is 5.91 Å². The van der Waals surface area contributed by atoms with Crippen LogP contribution in [0.5, 0.6) is 0 Å². The molecule has 1 N–H and O–H groups in total. The Morgan fingerprint density at radius 3 is 2.85 bits per heavy atom. The molecule has 0 aliphatic heterocycles. The molecular weight excluding hydrogens is 362 g/mol. The number of hydrogen-bond donors (Lipinski definition) is 1. The molecule has 0 atom stereocenters. The zero-order valence-electron chi connectivity index (χ0n) is 14.5. The second-order valence-corrected chi connectivity index (χ2v) is 7.34. The Balaban J connectivity index is 1.47. The maximum absolute atomic E-state index is 12.3. The van der Waals surface area contributed by atoms with Gasteiger partial charge in [-0.3, -0.25) is 14.9 Å². The highest BCUT2D eigenvalue weighted by atomic mass is 32.1. The van der Waals surface area contributed by atoms with E-state index in [1.807, 2.05) is 5.38 Å². The van der Waals surface area contributed by atoms with E-state index < -0.39 is 4.92 Å². The number of nitrogens with zero attached hydrogens (tertiary/aromatic N) is 2. The largest absolute Gasteiger partial charge is 0.302 e. The van der Waals surface area contributed by atoms with Crippen LogP contribution in [0.25, 0.3) is 11.3 Å². The van der Waals surface area contributed by atoms with Gasteiger partial charge in [-0.05, 0) is 36.5 Å². The number of fused-ring (bicyclic) bond motifs is 1. The van der Waals surface area contributed by atoms with Crippen molar-refractivity contribution in [1.82, 2.24) is 4.98 Å². The van der Waals surface area contributed by atoms with Crippen molar-refractivity contribution in [1.29, 1.82) is 0 Å². The molecule has 0 radical (unpaired) electrons. The summed E-state index contributed by atoms with van der Waals surface area (Å²) in [6.07, 6.45) is 3.38. The third-order valence-corrected chi connectivity index (χ3v) is 5.44. The van der Waals surface area contributed by atoms with Gasteiger partial charge in [0.05, 0.1) is 17.0 Å². The van der Waals surface area contributed by atoms with Crippen molar-refractivity contribution in [3.8, 4) is 11.3 Å². The number of carbonyl (C=O) groups is 1. The number of rotatable bonds is 5. The van der Waals surface area contributed by atoms with Gasteiger partial charge >= 0.3 is 0 Å². The van der Waals surface area contributed by atoms with Crippen LogP contribution >= 0.6 is 11.3 Å². The molecule has 1 aromatic heterocycles. The minimum Gasteiger partial charge on any atom is -0.302 e. The molecular formula is C20H17N3O3S. The molecule has 0 saturated heterocycles. The van der Waals surface area contributed by atoms with E-state index in [-0.39, 0.29) is 18.0 Å². The van der Waals surface area contributed by atoms with E-state index in [4.69, 9.17) is 0 Å². The second kappa shape index (κ2) is 7.28. The summed E-state index contributed by atoms with van der Waals surface area (Å²) in [5, 5.41) is 16.2. The van der Waals surface area contributed by atoms with Crippen molar-refractivity contribution in [2.24, 2.45) is 0 Å². The zero-order valence-corrected chi connectivity index (χ0v) is 15.3. The Labute approximate surface area is 160 Å². The van der Waals surface area contributed by atoms with Crippen LogP contribution < -0.4 is 5.32 Å². The average Bonchev–Trinajstić information content (AvgIpc) is 3.30. The SMILES string of the molecule is O=C(Cc1ccccc1[N+](=O)[O-])Nc1nc(-c2ccc3c(c2)CCC3)cs1. The molecule has 1 aliphatic rings. The molecule has 1 aliphatic carbocycles. The average molecular weight is 379 g/mol. The van der Waals surface area contributed by atoms with Crippen molar-refractivity contribution in [2.45, 2.75) is 25.7 Å². The molecule has 1 amide bonds. The standard InChI is InChI=1S/C20H17N3O3S/c24-19(11-16-4-1-2-7-18(16)23(25)26)22-20-21-17(12-27-20)15-9-8-13-5-3-6-14(13)10-15/h1-2,4,7-10,12H,3,5-6,11H2,(H,21,22,24). The Morgan fingerprint density at radius 2 is 2.00 bits per heavy atom. The summed E-state index contributed by atoms with van der Waals surface area (Å²) in [5.41, 5.74) is 5.00. The molecule has 6 nitrogen and oxygen atoms in total. The van der Waals surface area contributed by atoms with Gasteiger partial charge in [0, 0.05) is 22.6 Å². The molecule has 1 heterocycles. The topological polar surface area (TPSA) is 85.1 Å². The normalized spacial score (nSPS) is 12.6. The number of hydrogen-bond acceptors (Lipinski definition) is 5. The first kappa shape index (κ1) is 17.4. The van der Waals surface area contributed by atoms with E-state index in [1.54, 1.807) is 18.2 Å². The minimum absolute atomic E-state index is 0.0504. The Morgan fingerprint density at radius 1 is 1.19 bits per heavy atom. The summed E-state index contributed by atoms with van der Waals surface area (Å²) in [6, 6.07) is 12.7. The van der Waals surface area contributed by atoms with E-state index in [0.29, 0.717) is 10.7 Å². The number of benzene rings is 2. The highest BCUT2D eigenvalue weighted by Gasteiger charge is 2.17. The van der Waals surface area contributed by atoms with Gasteiger partial charge in [-0.1, -0.05) is 30.3 Å². The van der Waals surface area contributed by atoms with Crippen LogP contribution in [0, 0.1) is 10.1 Å². The molecule has 27 heavy (non-hydrogen) atoms. The molecule has 0 bridgehead atoms. The number of amides is 1. The van der Waals surface area contributed by atoms with Gasteiger partial charge in [-0.2, -0.15) is 0 Å². The van der Waals surface area contributed by atoms with Crippen molar-refractivity contribution in [3.63, 3.8) is 0 Å². The van der Waals surface area contributed by atoms with Crippen LogP contribution in [0.3, 0.4) is 0 Å². The molecule has 136 valence electrons. The number of anilines is 1. The number of nitrogens with one attached hydrogen (secondary N) is 1. The predicted octanol–water partition coefficient (Wildman–Crippen LogP) is 4.39. The summed E-state index contributed by atoms with van der Waals surface area (Å²) in [5.74, 6) is -0.320. The lowest BCUT2D eigenvalue weighted by Crippen LogP contribution is -2.15. The molecule has 4 rings (SSSR count). The van der Waals surface area contributed by atoms with Gasteiger partial charge in [0.1, 0.15) is 0 Å². The van der Waals surface area contributed by atoms with Crippen molar-refractivity contribution < 1.29 is 9.72 Å². The molecule has 0 fully saturated rings. The maximum atomic E-state index is 12.3. The van der Waals surface area contributed by atoms with Crippen LogP contribution in [-0.2, 0) is 24.1 Å². The monoisotopic (exact) mass is 379 g/mol. The summed E-state index contributed by atoms with van der Waals surface area (Å²) in [7, 11) is 0. The first-order valence-electron chi connectivity index (χ1n) is 8.70. The van der Waals surface area contributed by atoms with Crippen LogP contribution in [0.15, 0.2) is 47.8 Å². The fourth-order valence-corrected chi connectivity index (χ4v) is 4.11. The summed E-state index contributed by atoms with van der Waals surface area (Å²) >= 11 is 1.35. The van der Waals surface area contributed by atoms with Crippen molar-refractivity contribution in [3.05, 3.63) is 74.6 Å². The van der Waals surface area contributed by atoms with Gasteiger partial charge in [0.25, 0.3) is 5.69 Å². The van der Waals surface area contributed by atoms with E-state index >= 15 is 0 Å². The quantitative estimate of drug-likeness (QED) is 0.526. The van der Waals surface area contributed by atoms with Gasteiger partial charge < -0.3 is 5.32 Å². The number of nitro groups is 1. The fourth-order valence-electron chi connectivity index (χ4n) is 3.37. The minimum atomic E-state index is -0.474. The number of thiazole rings is 1. The smallest absolute Gasteiger partial charge is 0.273 e. The van der Waals surface area contributed by atoms with E-state index in [0.717, 1.165) is 24.1 Å². The summed E-state index contributed by atoms with van der Waals surface area (Å²) in [4.78, 5) is 27.4. The number of nitro benzene ring substituents is 1. The lowest BCUT2D eigenvalue weighted by molar-refractivity contribution is -0.385. The zero-order chi connectivity index (χ0) is 18.8. The third-order valence-electron chi connectivity index (χ3n) is 4.68. The lowest BCUT2D eigenvalue weighted by Gasteiger charge is -2.04. The number of carbonyl (C=O) groups excluding carboxylic acids is 1. The first-order valence-corrected chi connectivity index (χ1v) is 9.58. The van der Waals surface area contributed by atoms with E-state index in [1.165, 1.54) is 35.0 Å². The Bertz CT molecular complexity index is 1030. The van der Waals surface area contributed by atoms with Gasteiger partial charge in [-0.15, -0.1) is 11.3 Å². The Kier molecular flexibility index (Phi) is 4.68. The van der Waals surface area contributed by atoms with Crippen LogP contribution in [0.1, 0.15) is 23.1 Å². The van der Waals surface area contributed by atoms with E-state index in [9.17, 15) is 14.9 Å². The second-order valence-electron chi connectivity index (χ2n) is 6.49. The van der Waals surface area contributed by atoms with Gasteiger partial charge in [0.15, 0.2) is 5.13 Å². The summed E-state index contributed by atoms with van der Waals surface area (Å²) < 4.78 is 0. The van der Waals surface area contributed by atoms with Crippen LogP contribution in [0.4, 0.5) is 10.8 Å². The van der Waals surface area contributed by atoms with Gasteiger partial charge in [-0.25, -0.2) is 4.98 Å². The number of aryl methyl sites for hydroxylation is 2. The predicted molar refractivity (Wildman–Crippen MR) is 105 cm³/mol. The van der Waals surface area contributed by atoms with Crippen LogP contribution in [-0.4, -0.2) is 15.8 Å². The fraction of sp³-hybridized carbons (Fsp3) is 0.200. The molecule has 0 spiro atoms. The number of para-hydroxylation sites is 1. The molecule has 7 heteroatoms. The molecule has 0 saturated carbocycles. The highest BCUT2D eigenvalue weighted by molar-refractivity contribution is 7.14. The van der Waals surface area contributed by atoms with Crippen LogP contribution in [0.2, 0.25) is 0 Å². The molecule has 2 aromatic carbocycles. The molecule has 3 aromatic rings. The lowest BCUT2D eigenvalue weighted by atomic mass is 10.1. The summed E-state index contributed by atoms with van der Waals surface area (Å²) in [6.45, 7) is 0. The Hall–Kier alpha value is -3.06. The molecule has 0 unspecified atom stereocenters. The first-order chi connectivity index (χ1) is 13.1. The van der Waals surface area contributed by atoms with Crippen molar-refractivity contribution in [2.75, 3.05) is 5.32 Å². The third kappa shape index (κ3) is 3.73. The van der Waals surface area contributed by atoms with Crippen molar-refractivity contribution >= 4 is 28.1 Å². The van der Waals surface area contributed by atoms with E-state index in [2.05, 4.69) is 28.5 Å². The highest BCUT2D eigenvalue weighted by Crippen LogP contribution is 2.30. The number of aromatic nitrogens is 1.